The highest BCUT2D eigenvalue weighted by Crippen LogP contribution is 2.18. The highest BCUT2D eigenvalue weighted by atomic mass is 16.2. The molecule has 1 heterocycles. The highest BCUT2D eigenvalue weighted by Gasteiger charge is 2.31. The first-order chi connectivity index (χ1) is 6.61. The molecule has 0 fully saturated rings. The van der Waals surface area contributed by atoms with E-state index in [2.05, 4.69) is 0 Å². The van der Waals surface area contributed by atoms with Gasteiger partial charge in [-0.1, -0.05) is 12.1 Å². The fourth-order valence-corrected chi connectivity index (χ4v) is 1.50. The molecule has 0 atom stereocenters. The lowest BCUT2D eigenvalue weighted by molar-refractivity contribution is -0.116. The van der Waals surface area contributed by atoms with Crippen LogP contribution in [0.15, 0.2) is 18.2 Å². The topological polar surface area (TPSA) is 63.2 Å². The number of rotatable bonds is 0. The van der Waals surface area contributed by atoms with E-state index in [0.29, 0.717) is 5.56 Å². The Labute approximate surface area is 79.9 Å². The predicted octanol–water partition coefficient (Wildman–Crippen LogP) is 0.448. The first-order valence-electron chi connectivity index (χ1n) is 4.11. The van der Waals surface area contributed by atoms with Crippen molar-refractivity contribution in [1.82, 2.24) is 5.32 Å². The zero-order valence-corrected chi connectivity index (χ0v) is 7.46. The van der Waals surface area contributed by atoms with E-state index in [1.54, 1.807) is 19.1 Å². The summed E-state index contributed by atoms with van der Waals surface area (Å²) in [6, 6.07) is 4.90. The molecule has 0 bridgehead atoms. The average Bonchev–Trinajstić information content (AvgIpc) is 2.14. The summed E-state index contributed by atoms with van der Waals surface area (Å²) in [7, 11) is 0. The van der Waals surface area contributed by atoms with Gasteiger partial charge in [-0.2, -0.15) is 0 Å². The molecule has 0 radical (unpaired) electrons. The second kappa shape index (κ2) is 2.77. The van der Waals surface area contributed by atoms with Crippen LogP contribution in [0.25, 0.3) is 0 Å². The van der Waals surface area contributed by atoms with Crippen LogP contribution in [0.5, 0.6) is 0 Å². The lowest BCUT2D eigenvalue weighted by Gasteiger charge is -2.15. The summed E-state index contributed by atoms with van der Waals surface area (Å²) in [4.78, 5) is 33.8. The van der Waals surface area contributed by atoms with Crippen LogP contribution in [-0.4, -0.2) is 17.6 Å². The molecule has 2 amide bonds. The minimum Gasteiger partial charge on any atom is -0.285 e. The zero-order chi connectivity index (χ0) is 10.3. The van der Waals surface area contributed by atoms with Crippen molar-refractivity contribution in [2.45, 2.75) is 6.92 Å². The predicted molar refractivity (Wildman–Crippen MR) is 48.0 cm³/mol. The molecule has 1 aliphatic heterocycles. The SMILES string of the molecule is Cc1cccc2c1C(=O)C(=O)NC2=O. The van der Waals surface area contributed by atoms with Crippen LogP contribution in [0, 0.1) is 6.92 Å². The Morgan fingerprint density at radius 1 is 1.07 bits per heavy atom. The van der Waals surface area contributed by atoms with E-state index in [4.69, 9.17) is 0 Å². The maximum atomic E-state index is 11.4. The second-order valence-corrected chi connectivity index (χ2v) is 3.11. The number of hydrogen-bond donors (Lipinski definition) is 1. The van der Waals surface area contributed by atoms with Crippen molar-refractivity contribution in [2.24, 2.45) is 0 Å². The third-order valence-corrected chi connectivity index (χ3v) is 2.18. The molecule has 4 heteroatoms. The van der Waals surface area contributed by atoms with Crippen molar-refractivity contribution in [1.29, 1.82) is 0 Å². The fourth-order valence-electron chi connectivity index (χ4n) is 1.50. The first kappa shape index (κ1) is 8.62. The van der Waals surface area contributed by atoms with E-state index < -0.39 is 17.6 Å². The normalized spacial score (nSPS) is 15.1. The van der Waals surface area contributed by atoms with Crippen LogP contribution in [0.4, 0.5) is 0 Å². The van der Waals surface area contributed by atoms with Gasteiger partial charge in [0.25, 0.3) is 17.6 Å². The van der Waals surface area contributed by atoms with Gasteiger partial charge in [0.1, 0.15) is 0 Å². The van der Waals surface area contributed by atoms with Crippen molar-refractivity contribution in [2.75, 3.05) is 0 Å². The van der Waals surface area contributed by atoms with Crippen molar-refractivity contribution in [3.05, 3.63) is 34.9 Å². The number of amides is 2. The van der Waals surface area contributed by atoms with Crippen molar-refractivity contribution in [3.63, 3.8) is 0 Å². The summed E-state index contributed by atoms with van der Waals surface area (Å²) in [5, 5.41) is 1.99. The number of aryl methyl sites for hydroxylation is 1. The molecule has 0 unspecified atom stereocenters. The number of carbonyl (C=O) groups excluding carboxylic acids is 3. The number of hydrogen-bond acceptors (Lipinski definition) is 3. The summed E-state index contributed by atoms with van der Waals surface area (Å²) in [6.07, 6.45) is 0. The summed E-state index contributed by atoms with van der Waals surface area (Å²) < 4.78 is 0. The van der Waals surface area contributed by atoms with Crippen LogP contribution in [-0.2, 0) is 4.79 Å². The smallest absolute Gasteiger partial charge is 0.285 e. The number of fused-ring (bicyclic) bond motifs is 1. The van der Waals surface area contributed by atoms with Gasteiger partial charge in [-0.25, -0.2) is 0 Å². The Morgan fingerprint density at radius 2 is 1.79 bits per heavy atom. The summed E-state index contributed by atoms with van der Waals surface area (Å²) >= 11 is 0. The van der Waals surface area contributed by atoms with Crippen LogP contribution < -0.4 is 5.32 Å². The van der Waals surface area contributed by atoms with Gasteiger partial charge in [0.15, 0.2) is 0 Å². The lowest BCUT2D eigenvalue weighted by atomic mass is 9.94. The molecule has 70 valence electrons. The highest BCUT2D eigenvalue weighted by molar-refractivity contribution is 6.49. The molecule has 1 aromatic rings. The van der Waals surface area contributed by atoms with E-state index in [0.717, 1.165) is 0 Å². The van der Waals surface area contributed by atoms with Crippen LogP contribution in [0.2, 0.25) is 0 Å². The van der Waals surface area contributed by atoms with Crippen LogP contribution in [0.3, 0.4) is 0 Å². The number of imide groups is 1. The molecule has 0 saturated carbocycles. The molecular formula is C10H7NO3. The van der Waals surface area contributed by atoms with Gasteiger partial charge in [0.2, 0.25) is 0 Å². The minimum atomic E-state index is -0.850. The van der Waals surface area contributed by atoms with Gasteiger partial charge in [0, 0.05) is 5.56 Å². The molecule has 2 rings (SSSR count). The molecular weight excluding hydrogens is 182 g/mol. The molecule has 0 saturated heterocycles. The van der Waals surface area contributed by atoms with Gasteiger partial charge >= 0.3 is 0 Å². The number of carbonyl (C=O) groups is 3. The Morgan fingerprint density at radius 3 is 2.50 bits per heavy atom. The Bertz CT molecular complexity index is 462. The molecule has 0 aromatic heterocycles. The molecule has 4 nitrogen and oxygen atoms in total. The van der Waals surface area contributed by atoms with E-state index >= 15 is 0 Å². The summed E-state index contributed by atoms with van der Waals surface area (Å²) in [6.45, 7) is 1.70. The number of ketones is 1. The van der Waals surface area contributed by atoms with Gasteiger partial charge in [-0.15, -0.1) is 0 Å². The van der Waals surface area contributed by atoms with Crippen LogP contribution >= 0.6 is 0 Å². The average molecular weight is 189 g/mol. The molecule has 1 aliphatic rings. The fraction of sp³-hybridized carbons (Fsp3) is 0.100. The molecule has 1 N–H and O–H groups in total. The second-order valence-electron chi connectivity index (χ2n) is 3.11. The lowest BCUT2D eigenvalue weighted by Crippen LogP contribution is -2.42. The first-order valence-corrected chi connectivity index (χ1v) is 4.11. The van der Waals surface area contributed by atoms with Gasteiger partial charge in [-0.05, 0) is 18.6 Å². The van der Waals surface area contributed by atoms with Crippen molar-refractivity contribution >= 4 is 17.6 Å². The van der Waals surface area contributed by atoms with Crippen LogP contribution in [0.1, 0.15) is 26.3 Å². The third-order valence-electron chi connectivity index (χ3n) is 2.18. The molecule has 1 aromatic carbocycles. The maximum absolute atomic E-state index is 11.4. The van der Waals surface area contributed by atoms with Gasteiger partial charge in [-0.3, -0.25) is 19.7 Å². The largest absolute Gasteiger partial charge is 0.299 e. The Balaban J connectivity index is 2.74. The van der Waals surface area contributed by atoms with E-state index in [1.165, 1.54) is 6.07 Å². The Kier molecular flexibility index (Phi) is 1.70. The summed E-state index contributed by atoms with van der Waals surface area (Å²) in [5.41, 5.74) is 1.14. The van der Waals surface area contributed by atoms with Crippen molar-refractivity contribution < 1.29 is 14.4 Å². The number of nitrogens with one attached hydrogen (secondary N) is 1. The van der Waals surface area contributed by atoms with Gasteiger partial charge < -0.3 is 0 Å². The quantitative estimate of drug-likeness (QED) is 0.476. The van der Waals surface area contributed by atoms with Gasteiger partial charge in [0.05, 0.1) is 5.56 Å². The van der Waals surface area contributed by atoms with E-state index in [1.807, 2.05) is 5.32 Å². The monoisotopic (exact) mass is 189 g/mol. The maximum Gasteiger partial charge on any atom is 0.299 e. The Hall–Kier alpha value is -1.97. The molecule has 14 heavy (non-hydrogen) atoms. The third kappa shape index (κ3) is 1.04. The minimum absolute atomic E-state index is 0.223. The standard InChI is InChI=1S/C10H7NO3/c1-5-3-2-4-6-7(5)8(12)10(14)11-9(6)13/h2-4H,1H3,(H,11,13,14). The van der Waals surface area contributed by atoms with E-state index in [9.17, 15) is 14.4 Å². The number of Topliss-reactive ketones (excluding diaryl/α,β-unsaturated/α-hetero) is 1. The molecule has 0 spiro atoms. The number of benzene rings is 1. The van der Waals surface area contributed by atoms with E-state index in [-0.39, 0.29) is 11.1 Å². The molecule has 0 aliphatic carbocycles. The zero-order valence-electron chi connectivity index (χ0n) is 7.46. The van der Waals surface area contributed by atoms with Crippen molar-refractivity contribution in [3.8, 4) is 0 Å². The summed E-state index contributed by atoms with van der Waals surface area (Å²) in [5.74, 6) is -2.00.